The molecule has 2 atom stereocenters. The molecular formula is C17H24N4O3S2. The molecule has 1 N–H and O–H groups in total. The summed E-state index contributed by atoms with van der Waals surface area (Å²) in [6.45, 7) is 5.57. The highest BCUT2D eigenvalue weighted by Gasteiger charge is 2.30. The van der Waals surface area contributed by atoms with E-state index in [2.05, 4.69) is 15.3 Å². The predicted octanol–water partition coefficient (Wildman–Crippen LogP) is 1.73. The Labute approximate surface area is 158 Å². The average molecular weight is 397 g/mol. The molecular weight excluding hydrogens is 372 g/mol. The quantitative estimate of drug-likeness (QED) is 0.718. The van der Waals surface area contributed by atoms with Crippen molar-refractivity contribution in [2.45, 2.75) is 32.6 Å². The summed E-state index contributed by atoms with van der Waals surface area (Å²) in [5.41, 5.74) is 1.74. The highest BCUT2D eigenvalue weighted by molar-refractivity contribution is 7.89. The number of thiazole rings is 1. The van der Waals surface area contributed by atoms with Crippen molar-refractivity contribution in [3.8, 4) is 10.7 Å². The van der Waals surface area contributed by atoms with Gasteiger partial charge in [-0.05, 0) is 26.0 Å². The van der Waals surface area contributed by atoms with Crippen molar-refractivity contribution in [2.24, 2.45) is 0 Å². The number of hydrogen-bond donors (Lipinski definition) is 1. The fourth-order valence-electron chi connectivity index (χ4n) is 2.90. The first-order valence-electron chi connectivity index (χ1n) is 8.64. The molecule has 0 spiro atoms. The predicted molar refractivity (Wildman–Crippen MR) is 102 cm³/mol. The van der Waals surface area contributed by atoms with Crippen LogP contribution in [-0.4, -0.2) is 60.3 Å². The second-order valence-corrected chi connectivity index (χ2v) is 9.37. The highest BCUT2D eigenvalue weighted by Crippen LogP contribution is 2.21. The molecule has 1 aliphatic heterocycles. The summed E-state index contributed by atoms with van der Waals surface area (Å²) in [5, 5.41) is 6.01. The molecule has 3 heterocycles. The van der Waals surface area contributed by atoms with Gasteiger partial charge in [-0.15, -0.1) is 11.3 Å². The third-order valence-electron chi connectivity index (χ3n) is 4.06. The molecule has 1 fully saturated rings. The van der Waals surface area contributed by atoms with E-state index in [1.807, 2.05) is 37.4 Å². The van der Waals surface area contributed by atoms with Gasteiger partial charge in [0.05, 0.1) is 29.3 Å². The van der Waals surface area contributed by atoms with Crippen LogP contribution < -0.4 is 5.32 Å². The van der Waals surface area contributed by atoms with Crippen molar-refractivity contribution in [1.82, 2.24) is 19.6 Å². The molecule has 26 heavy (non-hydrogen) atoms. The number of pyridine rings is 1. The fraction of sp³-hybridized carbons (Fsp3) is 0.529. The Hall–Kier alpha value is -1.39. The first-order valence-corrected chi connectivity index (χ1v) is 11.1. The minimum atomic E-state index is -3.28. The molecule has 1 aliphatic rings. The van der Waals surface area contributed by atoms with Gasteiger partial charge >= 0.3 is 0 Å². The zero-order valence-corrected chi connectivity index (χ0v) is 16.6. The molecule has 0 amide bonds. The Balaban J connectivity index is 1.47. The number of aromatic nitrogens is 2. The van der Waals surface area contributed by atoms with Crippen molar-refractivity contribution < 1.29 is 13.2 Å². The average Bonchev–Trinajstić information content (AvgIpc) is 3.08. The van der Waals surface area contributed by atoms with Crippen LogP contribution in [0.1, 0.15) is 19.5 Å². The number of hydrogen-bond acceptors (Lipinski definition) is 7. The number of ether oxygens (including phenoxy) is 1. The van der Waals surface area contributed by atoms with Crippen LogP contribution in [0.25, 0.3) is 10.7 Å². The number of sulfonamides is 1. The molecule has 2 unspecified atom stereocenters. The van der Waals surface area contributed by atoms with Crippen LogP contribution >= 0.6 is 11.3 Å². The van der Waals surface area contributed by atoms with Gasteiger partial charge in [-0.2, -0.15) is 4.31 Å². The summed E-state index contributed by atoms with van der Waals surface area (Å²) in [4.78, 5) is 8.83. The van der Waals surface area contributed by atoms with Crippen molar-refractivity contribution in [2.75, 3.05) is 25.4 Å². The third-order valence-corrected chi connectivity index (χ3v) is 6.78. The van der Waals surface area contributed by atoms with Gasteiger partial charge in [0.2, 0.25) is 10.0 Å². The zero-order valence-electron chi connectivity index (χ0n) is 15.0. The summed E-state index contributed by atoms with van der Waals surface area (Å²) in [5.74, 6) is 0.0731. The van der Waals surface area contributed by atoms with Crippen molar-refractivity contribution in [3.63, 3.8) is 0 Å². The molecule has 3 rings (SSSR count). The Morgan fingerprint density at radius 3 is 2.77 bits per heavy atom. The van der Waals surface area contributed by atoms with Crippen LogP contribution in [0.2, 0.25) is 0 Å². The number of nitrogens with one attached hydrogen (secondary N) is 1. The van der Waals surface area contributed by atoms with E-state index in [0.717, 1.165) is 16.4 Å². The maximum atomic E-state index is 12.5. The van der Waals surface area contributed by atoms with Gasteiger partial charge in [0.15, 0.2) is 0 Å². The number of morpholine rings is 1. The molecule has 1 saturated heterocycles. The van der Waals surface area contributed by atoms with Gasteiger partial charge in [0.1, 0.15) is 5.01 Å². The van der Waals surface area contributed by atoms with Crippen LogP contribution in [0.5, 0.6) is 0 Å². The van der Waals surface area contributed by atoms with Crippen LogP contribution in [0.15, 0.2) is 29.8 Å². The summed E-state index contributed by atoms with van der Waals surface area (Å²) >= 11 is 1.54. The first-order chi connectivity index (χ1) is 12.4. The van der Waals surface area contributed by atoms with Gasteiger partial charge in [-0.25, -0.2) is 13.4 Å². The maximum Gasteiger partial charge on any atom is 0.215 e. The third kappa shape index (κ3) is 5.08. The minimum absolute atomic E-state index is 0.0680. The highest BCUT2D eigenvalue weighted by atomic mass is 32.2. The monoisotopic (exact) mass is 396 g/mol. The molecule has 7 nitrogen and oxygen atoms in total. The van der Waals surface area contributed by atoms with Gasteiger partial charge in [0.25, 0.3) is 0 Å². The lowest BCUT2D eigenvalue weighted by atomic mass is 10.3. The molecule has 2 aromatic heterocycles. The van der Waals surface area contributed by atoms with Gasteiger partial charge in [-0.3, -0.25) is 4.98 Å². The molecule has 2 aromatic rings. The van der Waals surface area contributed by atoms with E-state index in [-0.39, 0.29) is 18.0 Å². The summed E-state index contributed by atoms with van der Waals surface area (Å²) in [7, 11) is -3.28. The first kappa shape index (κ1) is 19.4. The molecule has 0 aliphatic carbocycles. The Morgan fingerprint density at radius 1 is 1.31 bits per heavy atom. The maximum absolute atomic E-state index is 12.5. The smallest absolute Gasteiger partial charge is 0.215 e. The lowest BCUT2D eigenvalue weighted by Gasteiger charge is -2.34. The Bertz CT molecular complexity index is 800. The molecule has 142 valence electrons. The van der Waals surface area contributed by atoms with Crippen molar-refractivity contribution in [1.29, 1.82) is 0 Å². The van der Waals surface area contributed by atoms with E-state index in [9.17, 15) is 8.42 Å². The Kier molecular flexibility index (Phi) is 6.36. The van der Waals surface area contributed by atoms with E-state index in [1.54, 1.807) is 6.20 Å². The second kappa shape index (κ2) is 8.53. The van der Waals surface area contributed by atoms with Crippen LogP contribution in [0, 0.1) is 0 Å². The SMILES string of the molecule is CC1CN(S(=O)(=O)CCNCc2csc(-c3ccccn3)n2)CC(C)O1. The normalized spacial score (nSPS) is 21.8. The number of rotatable bonds is 7. The van der Waals surface area contributed by atoms with Crippen molar-refractivity contribution >= 4 is 21.4 Å². The lowest BCUT2D eigenvalue weighted by molar-refractivity contribution is -0.0440. The van der Waals surface area contributed by atoms with Crippen LogP contribution in [0.4, 0.5) is 0 Å². The minimum Gasteiger partial charge on any atom is -0.373 e. The van der Waals surface area contributed by atoms with E-state index in [4.69, 9.17) is 4.74 Å². The molecule has 9 heteroatoms. The number of nitrogens with zero attached hydrogens (tertiary/aromatic N) is 3. The topological polar surface area (TPSA) is 84.4 Å². The van der Waals surface area contributed by atoms with Crippen molar-refractivity contribution in [3.05, 3.63) is 35.5 Å². The molecule has 0 radical (unpaired) electrons. The van der Waals surface area contributed by atoms with Gasteiger partial charge < -0.3 is 10.1 Å². The van der Waals surface area contributed by atoms with E-state index >= 15 is 0 Å². The summed E-state index contributed by atoms with van der Waals surface area (Å²) in [6.07, 6.45) is 1.61. The lowest BCUT2D eigenvalue weighted by Crippen LogP contribution is -2.49. The van der Waals surface area contributed by atoms with E-state index in [1.165, 1.54) is 15.6 Å². The van der Waals surface area contributed by atoms with Crippen LogP contribution in [-0.2, 0) is 21.3 Å². The summed E-state index contributed by atoms with van der Waals surface area (Å²) < 4.78 is 32.1. The fourth-order valence-corrected chi connectivity index (χ4v) is 5.23. The van der Waals surface area contributed by atoms with E-state index in [0.29, 0.717) is 26.2 Å². The summed E-state index contributed by atoms with van der Waals surface area (Å²) in [6, 6.07) is 5.72. The van der Waals surface area contributed by atoms with Gasteiger partial charge in [0, 0.05) is 37.8 Å². The zero-order chi connectivity index (χ0) is 18.6. The Morgan fingerprint density at radius 2 is 2.08 bits per heavy atom. The second-order valence-electron chi connectivity index (χ2n) is 6.43. The van der Waals surface area contributed by atoms with Crippen LogP contribution in [0.3, 0.4) is 0 Å². The van der Waals surface area contributed by atoms with Gasteiger partial charge in [-0.1, -0.05) is 6.07 Å². The molecule has 0 bridgehead atoms. The standard InChI is InChI=1S/C17H24N4O3S2/c1-13-10-21(11-14(2)24-13)26(22,23)8-7-18-9-15-12-25-17(20-15)16-5-3-4-6-19-16/h3-6,12-14,18H,7-11H2,1-2H3. The largest absolute Gasteiger partial charge is 0.373 e. The van der Waals surface area contributed by atoms with E-state index < -0.39 is 10.0 Å². The molecule has 0 aromatic carbocycles. The molecule has 0 saturated carbocycles.